The molecule has 3 saturated heterocycles. The normalized spacial score (nSPS) is 53.4. The Balaban J connectivity index is 1.14. The lowest BCUT2D eigenvalue weighted by Gasteiger charge is -2.63. The van der Waals surface area contributed by atoms with Gasteiger partial charge in [-0.15, -0.1) is 0 Å². The summed E-state index contributed by atoms with van der Waals surface area (Å²) in [6, 6.07) is 14.4. The molecule has 11 aliphatic rings. The third kappa shape index (κ3) is 6.42. The van der Waals surface area contributed by atoms with E-state index in [1.165, 1.54) is 128 Å². The highest BCUT2D eigenvalue weighted by atomic mass is 16.5. The fourth-order valence-electron chi connectivity index (χ4n) is 19.1. The van der Waals surface area contributed by atoms with Gasteiger partial charge in [-0.25, -0.2) is 0 Å². The first kappa shape index (κ1) is 39.7. The van der Waals surface area contributed by atoms with Crippen molar-refractivity contribution in [1.29, 1.82) is 21.0 Å². The van der Waals surface area contributed by atoms with E-state index in [-0.39, 0.29) is 53.6 Å². The zero-order valence-electron chi connectivity index (χ0n) is 36.2. The van der Waals surface area contributed by atoms with Crippen molar-refractivity contribution in [3.05, 3.63) is 0 Å². The van der Waals surface area contributed by atoms with Crippen LogP contribution in [0.5, 0.6) is 0 Å². The van der Waals surface area contributed by atoms with E-state index in [1.807, 2.05) is 0 Å². The standard InChI is InChI=1S/C52H74N6O/c53-27-31-21-23-35(33(25-31)29-55)47-48(36-24-22-32(28-54)26-34(36)30-56)51(58-44-18-8-3-13-39(44)40-14-4-9-19-45(40)58)52-49(41-15-5-10-20-46(41)59-52)50(47)57-42-16-6-1-11-37(42)38-12-2-7-17-43(38)57/h31-52H,1-26H2. The Hall–Kier alpha value is -2.16. The van der Waals surface area contributed by atoms with Crippen LogP contribution in [-0.4, -0.2) is 58.3 Å². The van der Waals surface area contributed by atoms with E-state index in [1.54, 1.807) is 0 Å². The SMILES string of the molecule is N#CC1CCC(C2C(C3CCC(C#N)CC3C#N)C(N3C4CCCCC4C4CCCCC43)C3C4CCCCC4OC3C2N2C3CCCCC3C3CCCCC32)C(C#N)C1. The second-order valence-electron chi connectivity index (χ2n) is 22.8. The first-order valence-corrected chi connectivity index (χ1v) is 25.9. The third-order valence-electron chi connectivity index (χ3n) is 20.9. The molecule has 22 unspecified atom stereocenters. The fraction of sp³-hybridized carbons (Fsp3) is 0.923. The molecule has 0 bridgehead atoms. The first-order valence-electron chi connectivity index (χ1n) is 25.9. The molecule has 0 aromatic rings. The van der Waals surface area contributed by atoms with Crippen LogP contribution in [0.2, 0.25) is 0 Å². The third-order valence-corrected chi connectivity index (χ3v) is 20.9. The molecular weight excluding hydrogens is 725 g/mol. The zero-order chi connectivity index (χ0) is 39.8. The van der Waals surface area contributed by atoms with Crippen LogP contribution in [-0.2, 0) is 4.74 Å². The van der Waals surface area contributed by atoms with Crippen molar-refractivity contribution in [1.82, 2.24) is 9.80 Å². The molecule has 7 nitrogen and oxygen atoms in total. The maximum absolute atomic E-state index is 11.4. The number of nitrogens with zero attached hydrogens (tertiary/aromatic N) is 6. The Kier molecular flexibility index (Phi) is 11.1. The van der Waals surface area contributed by atoms with Gasteiger partial charge in [-0.1, -0.05) is 64.2 Å². The highest BCUT2D eigenvalue weighted by Gasteiger charge is 2.69. The number of likely N-dealkylation sites (tertiary alicyclic amines) is 2. The van der Waals surface area contributed by atoms with E-state index in [9.17, 15) is 21.0 Å². The average Bonchev–Trinajstić information content (AvgIpc) is 3.96. The van der Waals surface area contributed by atoms with Crippen LogP contribution in [0.25, 0.3) is 0 Å². The predicted molar refractivity (Wildman–Crippen MR) is 226 cm³/mol. The molecule has 0 amide bonds. The topological polar surface area (TPSA) is 111 Å². The lowest BCUT2D eigenvalue weighted by molar-refractivity contribution is -0.172. The number of hydrogen-bond acceptors (Lipinski definition) is 7. The summed E-state index contributed by atoms with van der Waals surface area (Å²) < 4.78 is 7.96. The number of hydrogen-bond donors (Lipinski definition) is 0. The van der Waals surface area contributed by atoms with Crippen LogP contribution >= 0.6 is 0 Å². The van der Waals surface area contributed by atoms with E-state index in [0.717, 1.165) is 55.8 Å². The lowest BCUT2D eigenvalue weighted by atomic mass is 9.49. The maximum atomic E-state index is 11.4. The molecule has 8 saturated carbocycles. The molecule has 11 rings (SSSR count). The highest BCUT2D eigenvalue weighted by molar-refractivity contribution is 5.22. The summed E-state index contributed by atoms with van der Waals surface area (Å²) in [6.07, 6.45) is 32.5. The average molecular weight is 799 g/mol. The van der Waals surface area contributed by atoms with E-state index in [0.29, 0.717) is 60.5 Å². The van der Waals surface area contributed by atoms with Gasteiger partial charge in [0.1, 0.15) is 0 Å². The Morgan fingerprint density at radius 1 is 0.356 bits per heavy atom. The van der Waals surface area contributed by atoms with E-state index >= 15 is 0 Å². The van der Waals surface area contributed by atoms with Gasteiger partial charge in [0.25, 0.3) is 0 Å². The van der Waals surface area contributed by atoms with Crippen molar-refractivity contribution in [2.24, 2.45) is 82.9 Å². The van der Waals surface area contributed by atoms with Gasteiger partial charge in [0.2, 0.25) is 0 Å². The lowest BCUT2D eigenvalue weighted by Crippen LogP contribution is -2.71. The van der Waals surface area contributed by atoms with Crippen LogP contribution in [0.3, 0.4) is 0 Å². The second-order valence-corrected chi connectivity index (χ2v) is 22.8. The van der Waals surface area contributed by atoms with Crippen molar-refractivity contribution in [2.75, 3.05) is 0 Å². The molecule has 22 atom stereocenters. The Bertz CT molecular complexity index is 1660. The molecule has 59 heavy (non-hydrogen) atoms. The van der Waals surface area contributed by atoms with Crippen molar-refractivity contribution in [3.63, 3.8) is 0 Å². The van der Waals surface area contributed by atoms with Gasteiger partial charge in [0, 0.05) is 54.0 Å². The molecule has 0 spiro atoms. The zero-order valence-corrected chi connectivity index (χ0v) is 36.2. The smallest absolute Gasteiger partial charge is 0.0784 e. The molecule has 0 aromatic carbocycles. The van der Waals surface area contributed by atoms with Crippen LogP contribution < -0.4 is 0 Å². The molecule has 0 N–H and O–H groups in total. The van der Waals surface area contributed by atoms with Crippen molar-refractivity contribution in [3.8, 4) is 24.3 Å². The Morgan fingerprint density at radius 2 is 0.746 bits per heavy atom. The number of ether oxygens (including phenoxy) is 1. The van der Waals surface area contributed by atoms with Gasteiger partial charge in [-0.05, 0) is 156 Å². The van der Waals surface area contributed by atoms with Crippen LogP contribution in [0, 0.1) is 128 Å². The van der Waals surface area contributed by atoms with Crippen molar-refractivity contribution in [2.45, 2.75) is 215 Å². The monoisotopic (exact) mass is 799 g/mol. The fourth-order valence-corrected chi connectivity index (χ4v) is 19.1. The second kappa shape index (κ2) is 16.5. The van der Waals surface area contributed by atoms with Gasteiger partial charge in [0.05, 0.1) is 48.3 Å². The minimum Gasteiger partial charge on any atom is -0.373 e. The summed E-state index contributed by atoms with van der Waals surface area (Å²) in [6.45, 7) is 0. The largest absolute Gasteiger partial charge is 0.373 e. The van der Waals surface area contributed by atoms with E-state index < -0.39 is 0 Å². The number of rotatable bonds is 4. The van der Waals surface area contributed by atoms with Gasteiger partial charge in [-0.3, -0.25) is 9.80 Å². The Labute approximate surface area is 356 Å². The van der Waals surface area contributed by atoms with Gasteiger partial charge >= 0.3 is 0 Å². The molecule has 0 radical (unpaired) electrons. The van der Waals surface area contributed by atoms with Gasteiger partial charge in [0.15, 0.2) is 0 Å². The molecule has 8 aliphatic carbocycles. The summed E-state index contributed by atoms with van der Waals surface area (Å²) in [5.74, 6) is 4.99. The molecule has 318 valence electrons. The maximum Gasteiger partial charge on any atom is 0.0784 e. The molecule has 11 fully saturated rings. The van der Waals surface area contributed by atoms with Crippen molar-refractivity contribution < 1.29 is 4.74 Å². The molecule has 7 heteroatoms. The quantitative estimate of drug-likeness (QED) is 0.278. The van der Waals surface area contributed by atoms with Crippen LogP contribution in [0.15, 0.2) is 0 Å². The first-order chi connectivity index (χ1) is 29.1. The summed E-state index contributed by atoms with van der Waals surface area (Å²) in [7, 11) is 0. The highest BCUT2D eigenvalue weighted by Crippen LogP contribution is 2.65. The summed E-state index contributed by atoms with van der Waals surface area (Å²) >= 11 is 0. The predicted octanol–water partition coefficient (Wildman–Crippen LogP) is 10.6. The molecule has 3 aliphatic heterocycles. The molecular formula is C52H74N6O. The van der Waals surface area contributed by atoms with Crippen LogP contribution in [0.4, 0.5) is 0 Å². The molecule has 3 heterocycles. The number of nitriles is 4. The Morgan fingerprint density at radius 3 is 1.19 bits per heavy atom. The summed E-state index contributed by atoms with van der Waals surface area (Å²) in [5.41, 5.74) is 0. The van der Waals surface area contributed by atoms with Crippen molar-refractivity contribution >= 4 is 0 Å². The van der Waals surface area contributed by atoms with E-state index in [4.69, 9.17) is 4.74 Å². The van der Waals surface area contributed by atoms with Gasteiger partial charge < -0.3 is 4.74 Å². The minimum absolute atomic E-state index is 0.0304. The summed E-state index contributed by atoms with van der Waals surface area (Å²) in [5, 5.41) is 43.4. The number of fused-ring (bicyclic) bond motifs is 9. The summed E-state index contributed by atoms with van der Waals surface area (Å²) in [4.78, 5) is 6.53. The van der Waals surface area contributed by atoms with Gasteiger partial charge in [-0.2, -0.15) is 21.0 Å². The van der Waals surface area contributed by atoms with E-state index in [2.05, 4.69) is 34.1 Å². The van der Waals surface area contributed by atoms with Crippen LogP contribution in [0.1, 0.15) is 167 Å². The minimum atomic E-state index is -0.129. The molecule has 0 aromatic heterocycles.